The van der Waals surface area contributed by atoms with Crippen LogP contribution < -0.4 is 15.0 Å². The summed E-state index contributed by atoms with van der Waals surface area (Å²) in [6, 6.07) is 10.1. The zero-order valence-corrected chi connectivity index (χ0v) is 20.6. The Bertz CT molecular complexity index is 1270. The van der Waals surface area contributed by atoms with Crippen molar-refractivity contribution >= 4 is 29.0 Å². The van der Waals surface area contributed by atoms with Crippen molar-refractivity contribution in [3.05, 3.63) is 70.6 Å². The van der Waals surface area contributed by atoms with E-state index in [-0.39, 0.29) is 28.8 Å². The molecule has 196 valence electrons. The second-order valence-electron chi connectivity index (χ2n) is 8.97. The van der Waals surface area contributed by atoms with Crippen LogP contribution in [0.5, 0.6) is 5.75 Å². The van der Waals surface area contributed by atoms with Crippen LogP contribution >= 0.6 is 11.6 Å². The molecule has 1 aromatic heterocycles. The number of benzene rings is 2. The largest absolute Gasteiger partial charge is 0.497 e. The molecule has 2 aliphatic rings. The van der Waals surface area contributed by atoms with E-state index in [4.69, 9.17) is 16.3 Å². The van der Waals surface area contributed by atoms with E-state index >= 15 is 0 Å². The van der Waals surface area contributed by atoms with Gasteiger partial charge in [-0.2, -0.15) is 18.3 Å². The maximum Gasteiger partial charge on any atom is 0.410 e. The highest BCUT2D eigenvalue weighted by molar-refractivity contribution is 6.36. The number of piperazine rings is 1. The number of rotatable bonds is 4. The first-order chi connectivity index (χ1) is 17.7. The van der Waals surface area contributed by atoms with Gasteiger partial charge in [0.25, 0.3) is 5.91 Å². The number of carbonyl (C=O) groups is 1. The molecule has 37 heavy (non-hydrogen) atoms. The Morgan fingerprint density at radius 3 is 2.30 bits per heavy atom. The maximum atomic E-state index is 14.1. The van der Waals surface area contributed by atoms with Crippen LogP contribution in [0.3, 0.4) is 0 Å². The molecule has 5 rings (SSSR count). The summed E-state index contributed by atoms with van der Waals surface area (Å²) in [6.45, 7) is 1.59. The Labute approximate surface area is 215 Å². The smallest absolute Gasteiger partial charge is 0.410 e. The van der Waals surface area contributed by atoms with E-state index < -0.39 is 24.2 Å². The van der Waals surface area contributed by atoms with E-state index in [0.29, 0.717) is 37.5 Å². The van der Waals surface area contributed by atoms with Crippen molar-refractivity contribution in [2.75, 3.05) is 43.5 Å². The number of hydrogen-bond donors (Lipinski definition) is 1. The first kappa shape index (κ1) is 25.2. The highest BCUT2D eigenvalue weighted by Crippen LogP contribution is 2.46. The van der Waals surface area contributed by atoms with Crippen LogP contribution in [0.4, 0.5) is 29.1 Å². The second-order valence-corrected chi connectivity index (χ2v) is 9.35. The zero-order valence-electron chi connectivity index (χ0n) is 19.8. The Hall–Kier alpha value is -3.47. The van der Waals surface area contributed by atoms with Gasteiger partial charge in [-0.15, -0.1) is 0 Å². The average molecular weight is 538 g/mol. The maximum absolute atomic E-state index is 14.1. The van der Waals surface area contributed by atoms with E-state index in [1.165, 1.54) is 24.1 Å². The summed E-state index contributed by atoms with van der Waals surface area (Å²) in [6.07, 6.45) is -4.91. The van der Waals surface area contributed by atoms with Crippen LogP contribution in [-0.4, -0.2) is 60.1 Å². The van der Waals surface area contributed by atoms with Crippen LogP contribution in [-0.2, 0) is 0 Å². The summed E-state index contributed by atoms with van der Waals surface area (Å²) >= 11 is 6.48. The minimum Gasteiger partial charge on any atom is -0.497 e. The van der Waals surface area contributed by atoms with Crippen LogP contribution in [0.2, 0.25) is 5.02 Å². The van der Waals surface area contributed by atoms with E-state index in [0.717, 1.165) is 10.4 Å². The first-order valence-corrected chi connectivity index (χ1v) is 12.1. The summed E-state index contributed by atoms with van der Waals surface area (Å²) in [5, 5.41) is 6.96. The Balaban J connectivity index is 1.37. The fraction of sp³-hybridized carbons (Fsp3) is 0.360. The van der Waals surface area contributed by atoms with Gasteiger partial charge in [-0.3, -0.25) is 4.79 Å². The number of carbonyl (C=O) groups excluding carboxylic acids is 1. The van der Waals surface area contributed by atoms with Gasteiger partial charge in [0, 0.05) is 38.3 Å². The number of amides is 1. The van der Waals surface area contributed by atoms with Crippen molar-refractivity contribution in [1.29, 1.82) is 0 Å². The molecule has 1 fully saturated rings. The molecule has 2 aliphatic heterocycles. The van der Waals surface area contributed by atoms with Crippen molar-refractivity contribution < 1.29 is 27.1 Å². The summed E-state index contributed by atoms with van der Waals surface area (Å²) < 4.78 is 61.4. The fourth-order valence-electron chi connectivity index (χ4n) is 4.75. The standard InChI is InChI=1S/C25H24ClF4N5O2/c1-37-18-8-2-15(3-9-18)19-14-20(25(28,29)30)35-23(31-19)21(26)22(32-35)24(36)34-12-10-33(11-13-34)17-6-4-16(27)5-7-17/h2-9,19-20,31H,10-14H2,1H3/t19-,20+/m1/s1. The number of ether oxygens (including phenoxy) is 1. The van der Waals surface area contributed by atoms with Crippen LogP contribution in [0, 0.1) is 5.82 Å². The third kappa shape index (κ3) is 4.92. The number of alkyl halides is 3. The van der Waals surface area contributed by atoms with Gasteiger partial charge in [-0.25, -0.2) is 9.07 Å². The lowest BCUT2D eigenvalue weighted by Gasteiger charge is -2.35. The van der Waals surface area contributed by atoms with Gasteiger partial charge < -0.3 is 19.9 Å². The molecule has 7 nitrogen and oxygen atoms in total. The lowest BCUT2D eigenvalue weighted by molar-refractivity contribution is -0.173. The van der Waals surface area contributed by atoms with Gasteiger partial charge in [0.05, 0.1) is 13.2 Å². The molecule has 0 radical (unpaired) electrons. The van der Waals surface area contributed by atoms with E-state index in [9.17, 15) is 22.4 Å². The highest BCUT2D eigenvalue weighted by atomic mass is 35.5. The normalized spacial score (nSPS) is 19.8. The van der Waals surface area contributed by atoms with Gasteiger partial charge in [0.15, 0.2) is 11.7 Å². The zero-order chi connectivity index (χ0) is 26.3. The molecule has 0 unspecified atom stereocenters. The molecule has 2 aromatic carbocycles. The van der Waals surface area contributed by atoms with Gasteiger partial charge in [0.2, 0.25) is 0 Å². The van der Waals surface area contributed by atoms with Gasteiger partial charge in [-0.05, 0) is 42.0 Å². The highest BCUT2D eigenvalue weighted by Gasteiger charge is 2.48. The van der Waals surface area contributed by atoms with E-state index in [2.05, 4.69) is 10.4 Å². The van der Waals surface area contributed by atoms with Crippen molar-refractivity contribution in [2.24, 2.45) is 0 Å². The van der Waals surface area contributed by atoms with E-state index in [1.807, 2.05) is 4.90 Å². The monoisotopic (exact) mass is 537 g/mol. The first-order valence-electron chi connectivity index (χ1n) is 11.7. The number of hydrogen-bond acceptors (Lipinski definition) is 5. The Morgan fingerprint density at radius 2 is 1.70 bits per heavy atom. The Morgan fingerprint density at radius 1 is 1.05 bits per heavy atom. The number of methoxy groups -OCH3 is 1. The summed E-state index contributed by atoms with van der Waals surface area (Å²) in [7, 11) is 1.51. The van der Waals surface area contributed by atoms with Crippen LogP contribution in [0.15, 0.2) is 48.5 Å². The molecule has 0 aliphatic carbocycles. The van der Waals surface area contributed by atoms with Crippen molar-refractivity contribution in [2.45, 2.75) is 24.7 Å². The second kappa shape index (κ2) is 9.77. The number of fused-ring (bicyclic) bond motifs is 1. The molecule has 1 amide bonds. The van der Waals surface area contributed by atoms with Gasteiger partial charge in [-0.1, -0.05) is 23.7 Å². The predicted octanol–water partition coefficient (Wildman–Crippen LogP) is 5.31. The minimum absolute atomic E-state index is 0.0376. The molecular weight excluding hydrogens is 514 g/mol. The Kier molecular flexibility index (Phi) is 6.65. The molecule has 1 N–H and O–H groups in total. The molecule has 3 aromatic rings. The van der Waals surface area contributed by atoms with Crippen LogP contribution in [0.1, 0.15) is 34.6 Å². The van der Waals surface area contributed by atoms with Crippen molar-refractivity contribution in [3.8, 4) is 5.75 Å². The molecule has 0 spiro atoms. The molecule has 1 saturated heterocycles. The number of halogens is 5. The van der Waals surface area contributed by atoms with Crippen molar-refractivity contribution in [3.63, 3.8) is 0 Å². The number of nitrogens with one attached hydrogen (secondary N) is 1. The van der Waals surface area contributed by atoms with Gasteiger partial charge >= 0.3 is 6.18 Å². The summed E-state index contributed by atoms with van der Waals surface area (Å²) in [4.78, 5) is 16.8. The van der Waals surface area contributed by atoms with E-state index in [1.54, 1.807) is 36.4 Å². The number of aromatic nitrogens is 2. The average Bonchev–Trinajstić information content (AvgIpc) is 3.24. The predicted molar refractivity (Wildman–Crippen MR) is 131 cm³/mol. The van der Waals surface area contributed by atoms with Crippen molar-refractivity contribution in [1.82, 2.24) is 14.7 Å². The number of anilines is 2. The molecular formula is C25H24ClF4N5O2. The molecule has 0 saturated carbocycles. The lowest BCUT2D eigenvalue weighted by atomic mass is 9.97. The fourth-order valence-corrected chi connectivity index (χ4v) is 5.01. The van der Waals surface area contributed by atoms with Gasteiger partial charge in [0.1, 0.15) is 22.4 Å². The summed E-state index contributed by atoms with van der Waals surface area (Å²) in [5.41, 5.74) is 1.23. The number of nitrogens with zero attached hydrogens (tertiary/aromatic N) is 4. The van der Waals surface area contributed by atoms with Crippen LogP contribution in [0.25, 0.3) is 0 Å². The quantitative estimate of drug-likeness (QED) is 0.457. The lowest BCUT2D eigenvalue weighted by Crippen LogP contribution is -2.49. The SMILES string of the molecule is COc1ccc([C@H]2C[C@@H](C(F)(F)F)n3nc(C(=O)N4CCN(c5ccc(F)cc5)CC4)c(Cl)c3N2)cc1. The molecule has 12 heteroatoms. The third-order valence-electron chi connectivity index (χ3n) is 6.78. The topological polar surface area (TPSA) is 62.6 Å². The summed E-state index contributed by atoms with van der Waals surface area (Å²) in [5.74, 6) is -0.322. The molecule has 0 bridgehead atoms. The minimum atomic E-state index is -4.60. The third-order valence-corrected chi connectivity index (χ3v) is 7.13. The molecule has 2 atom stereocenters. The molecule has 3 heterocycles.